The van der Waals surface area contributed by atoms with E-state index in [4.69, 9.17) is 23.7 Å². The molecule has 6 rings (SSSR count). The van der Waals surface area contributed by atoms with Crippen LogP contribution in [0.1, 0.15) is 77.0 Å². The molecule has 0 spiro atoms. The second-order valence-corrected chi connectivity index (χ2v) is 15.6. The van der Waals surface area contributed by atoms with Gasteiger partial charge in [-0.15, -0.1) is 0 Å². The van der Waals surface area contributed by atoms with E-state index in [0.29, 0.717) is 51.1 Å². The van der Waals surface area contributed by atoms with Crippen molar-refractivity contribution in [3.8, 4) is 11.8 Å². The standard InChI is InChI=1S/C49H60O6/c1-6-45-36(3)23-25-46(54-45)37(4)30-35(2)22-24-43-38(5)44(43)26-28-49(50)48(53-34-41-20-14-9-15-21-41)47(52-33-40-18-12-8-13-19-40)31-42(55-49)27-29-51-32-39-16-10-7-11-17-39/h7-24,30,35,38,42-48,50H,6,25,27,29,31-34H2,1-5H3/b24-22+,37-30+/t35-,38-,42-,43+,44+,45-,46-,47+,48-,49?/m1/s1. The number of allylic oxidation sites excluding steroid dienone is 3. The van der Waals surface area contributed by atoms with Crippen molar-refractivity contribution >= 4 is 0 Å². The highest BCUT2D eigenvalue weighted by Gasteiger charge is 2.51. The van der Waals surface area contributed by atoms with Crippen LogP contribution in [-0.2, 0) is 43.5 Å². The van der Waals surface area contributed by atoms with Gasteiger partial charge in [0.2, 0.25) is 0 Å². The molecule has 0 amide bonds. The van der Waals surface area contributed by atoms with Gasteiger partial charge in [0.25, 0.3) is 5.79 Å². The molecule has 1 N–H and O–H groups in total. The minimum atomic E-state index is -1.87. The Morgan fingerprint density at radius 3 is 2.18 bits per heavy atom. The second-order valence-electron chi connectivity index (χ2n) is 15.6. The fourth-order valence-corrected chi connectivity index (χ4v) is 7.75. The van der Waals surface area contributed by atoms with Gasteiger partial charge in [0.15, 0.2) is 6.10 Å². The summed E-state index contributed by atoms with van der Waals surface area (Å²) in [6.07, 6.45) is 11.0. The zero-order chi connectivity index (χ0) is 38.6. The Bertz CT molecular complexity index is 1780. The Kier molecular flexibility index (Phi) is 14.8. The van der Waals surface area contributed by atoms with E-state index >= 15 is 0 Å². The number of aliphatic hydroxyl groups is 1. The molecule has 6 nitrogen and oxygen atoms in total. The van der Waals surface area contributed by atoms with Crippen LogP contribution in [0.4, 0.5) is 0 Å². The van der Waals surface area contributed by atoms with Gasteiger partial charge in [0.1, 0.15) is 0 Å². The van der Waals surface area contributed by atoms with Crippen LogP contribution in [-0.4, -0.2) is 48.0 Å². The zero-order valence-corrected chi connectivity index (χ0v) is 33.3. The maximum atomic E-state index is 12.4. The first-order valence-corrected chi connectivity index (χ1v) is 20.3. The van der Waals surface area contributed by atoms with Gasteiger partial charge in [0, 0.05) is 18.9 Å². The molecule has 2 fully saturated rings. The molecule has 0 radical (unpaired) electrons. The maximum Gasteiger partial charge on any atom is 0.261 e. The fourth-order valence-electron chi connectivity index (χ4n) is 7.75. The first-order chi connectivity index (χ1) is 26.7. The summed E-state index contributed by atoms with van der Waals surface area (Å²) < 4.78 is 32.1. The number of ether oxygens (including phenoxy) is 5. The summed E-state index contributed by atoms with van der Waals surface area (Å²) in [4.78, 5) is 0. The van der Waals surface area contributed by atoms with Gasteiger partial charge < -0.3 is 28.8 Å². The van der Waals surface area contributed by atoms with Crippen LogP contribution in [0.15, 0.2) is 126 Å². The molecular weight excluding hydrogens is 685 g/mol. The van der Waals surface area contributed by atoms with E-state index in [9.17, 15) is 5.11 Å². The maximum absolute atomic E-state index is 12.4. The summed E-state index contributed by atoms with van der Waals surface area (Å²) in [5, 5.41) is 12.4. The van der Waals surface area contributed by atoms with Gasteiger partial charge in [0.05, 0.1) is 44.2 Å². The quantitative estimate of drug-likeness (QED) is 0.0896. The molecule has 6 heteroatoms. The molecule has 2 aliphatic heterocycles. The molecule has 3 aliphatic rings. The molecule has 0 aromatic heterocycles. The van der Waals surface area contributed by atoms with Crippen LogP contribution >= 0.6 is 0 Å². The Labute approximate surface area is 329 Å². The average Bonchev–Trinajstić information content (AvgIpc) is 3.84. The highest BCUT2D eigenvalue weighted by atomic mass is 16.7. The van der Waals surface area contributed by atoms with Crippen LogP contribution in [0, 0.1) is 35.5 Å². The largest absolute Gasteiger partial charge is 0.377 e. The lowest BCUT2D eigenvalue weighted by Gasteiger charge is -2.44. The normalized spacial score (nSPS) is 30.0. The Hall–Kier alpha value is -3.80. The summed E-state index contributed by atoms with van der Waals surface area (Å²) in [6, 6.07) is 30.2. The number of benzene rings is 3. The first kappa shape index (κ1) is 40.9. The molecule has 2 heterocycles. The van der Waals surface area contributed by atoms with Gasteiger partial charge in [-0.3, -0.25) is 0 Å². The lowest BCUT2D eigenvalue weighted by atomic mass is 9.93. The summed E-state index contributed by atoms with van der Waals surface area (Å²) in [6.45, 7) is 12.7. The van der Waals surface area contributed by atoms with E-state index in [1.54, 1.807) is 0 Å². The van der Waals surface area contributed by atoms with E-state index in [-0.39, 0.29) is 30.1 Å². The van der Waals surface area contributed by atoms with E-state index in [1.807, 2.05) is 78.9 Å². The fraction of sp³-hybridized carbons (Fsp3) is 0.469. The highest BCUT2D eigenvalue weighted by Crippen LogP contribution is 2.47. The van der Waals surface area contributed by atoms with E-state index in [2.05, 4.69) is 82.9 Å². The van der Waals surface area contributed by atoms with Gasteiger partial charge in [-0.05, 0) is 84.6 Å². The monoisotopic (exact) mass is 744 g/mol. The molecule has 0 bridgehead atoms. The minimum Gasteiger partial charge on any atom is -0.377 e. The van der Waals surface area contributed by atoms with Crippen molar-refractivity contribution in [2.75, 3.05) is 6.61 Å². The summed E-state index contributed by atoms with van der Waals surface area (Å²) in [5.41, 5.74) is 5.79. The summed E-state index contributed by atoms with van der Waals surface area (Å²) in [7, 11) is 0. The number of hydrogen-bond donors (Lipinski definition) is 1. The first-order valence-electron chi connectivity index (χ1n) is 20.3. The van der Waals surface area contributed by atoms with E-state index in [1.165, 1.54) is 11.1 Å². The van der Waals surface area contributed by atoms with Crippen LogP contribution < -0.4 is 0 Å². The number of rotatable bonds is 16. The molecule has 1 saturated carbocycles. The Morgan fingerprint density at radius 2 is 1.55 bits per heavy atom. The van der Waals surface area contributed by atoms with E-state index < -0.39 is 18.0 Å². The SMILES string of the molecule is CC[C@H]1O[C@@H](/C(C)=C/[C@H](C)/C=C/[C@H]2[C@@H](C)[C@@H]2C#CC2(O)O[C@H](CCOCc3ccccc3)C[C@H](OCc3ccccc3)[C@H]2OCc2ccccc2)CC=C1C. The molecule has 1 saturated heterocycles. The van der Waals surface area contributed by atoms with E-state index in [0.717, 1.165) is 29.5 Å². The van der Waals surface area contributed by atoms with Crippen molar-refractivity contribution in [1.29, 1.82) is 0 Å². The molecule has 3 aromatic rings. The van der Waals surface area contributed by atoms with Gasteiger partial charge in [-0.25, -0.2) is 0 Å². The molecule has 3 aromatic carbocycles. The van der Waals surface area contributed by atoms with Crippen molar-refractivity contribution in [2.45, 2.75) is 116 Å². The van der Waals surface area contributed by atoms with Gasteiger partial charge in [-0.1, -0.05) is 142 Å². The predicted molar refractivity (Wildman–Crippen MR) is 218 cm³/mol. The van der Waals surface area contributed by atoms with Crippen molar-refractivity contribution in [3.05, 3.63) is 143 Å². The van der Waals surface area contributed by atoms with Crippen molar-refractivity contribution in [1.82, 2.24) is 0 Å². The average molecular weight is 745 g/mol. The minimum absolute atomic E-state index is 0.106. The van der Waals surface area contributed by atoms with Crippen molar-refractivity contribution in [2.24, 2.45) is 23.7 Å². The molecular formula is C49H60O6. The molecule has 10 atom stereocenters. The van der Waals surface area contributed by atoms with Crippen molar-refractivity contribution < 1.29 is 28.8 Å². The Balaban J connectivity index is 1.17. The van der Waals surface area contributed by atoms with Crippen LogP contribution in [0.5, 0.6) is 0 Å². The Morgan fingerprint density at radius 1 is 0.927 bits per heavy atom. The molecule has 55 heavy (non-hydrogen) atoms. The van der Waals surface area contributed by atoms with Crippen LogP contribution in [0.2, 0.25) is 0 Å². The predicted octanol–water partition coefficient (Wildman–Crippen LogP) is 9.78. The highest BCUT2D eigenvalue weighted by molar-refractivity contribution is 5.27. The third kappa shape index (κ3) is 11.6. The van der Waals surface area contributed by atoms with Crippen molar-refractivity contribution in [3.63, 3.8) is 0 Å². The lowest BCUT2D eigenvalue weighted by molar-refractivity contribution is -0.311. The number of hydrogen-bond acceptors (Lipinski definition) is 6. The lowest BCUT2D eigenvalue weighted by Crippen LogP contribution is -2.59. The molecule has 1 unspecified atom stereocenters. The van der Waals surface area contributed by atoms with Crippen LogP contribution in [0.25, 0.3) is 0 Å². The third-order valence-electron chi connectivity index (χ3n) is 11.2. The smallest absolute Gasteiger partial charge is 0.261 e. The third-order valence-corrected chi connectivity index (χ3v) is 11.2. The molecule has 1 aliphatic carbocycles. The summed E-state index contributed by atoms with van der Waals surface area (Å²) in [5.74, 6) is 5.84. The second kappa shape index (κ2) is 19.9. The van der Waals surface area contributed by atoms with Crippen LogP contribution in [0.3, 0.4) is 0 Å². The molecule has 292 valence electrons. The van der Waals surface area contributed by atoms with Gasteiger partial charge in [-0.2, -0.15) is 0 Å². The summed E-state index contributed by atoms with van der Waals surface area (Å²) >= 11 is 0. The zero-order valence-electron chi connectivity index (χ0n) is 33.3. The topological polar surface area (TPSA) is 66.4 Å². The van der Waals surface area contributed by atoms with Gasteiger partial charge >= 0.3 is 0 Å².